The minimum absolute atomic E-state index is 0.183. The van der Waals surface area contributed by atoms with Crippen LogP contribution in [0.25, 0.3) is 10.9 Å². The molecule has 2 unspecified atom stereocenters. The van der Waals surface area contributed by atoms with Crippen LogP contribution in [-0.2, 0) is 14.3 Å². The third-order valence-corrected chi connectivity index (χ3v) is 3.85. The standard InChI is InChI=1S/C17H22N4O4/c1-10(2)9-14(17(24)25-4)18-15(22)11(3)21-16(23)12-7-5-6-8-13(12)19-20-21/h5-8,10-11,14H,9H2,1-4H3,(H,18,22). The molecule has 1 amide bonds. The van der Waals surface area contributed by atoms with E-state index in [4.69, 9.17) is 4.74 Å². The minimum atomic E-state index is -0.913. The maximum absolute atomic E-state index is 12.5. The molecule has 0 aliphatic carbocycles. The van der Waals surface area contributed by atoms with Gasteiger partial charge in [0.15, 0.2) is 0 Å². The fraction of sp³-hybridized carbons (Fsp3) is 0.471. The molecule has 0 radical (unpaired) electrons. The number of carbonyl (C=O) groups is 2. The van der Waals surface area contributed by atoms with Crippen LogP contribution >= 0.6 is 0 Å². The van der Waals surface area contributed by atoms with Gasteiger partial charge in [-0.05, 0) is 31.4 Å². The van der Waals surface area contributed by atoms with E-state index in [1.807, 2.05) is 13.8 Å². The van der Waals surface area contributed by atoms with Gasteiger partial charge in [-0.15, -0.1) is 5.10 Å². The molecule has 8 nitrogen and oxygen atoms in total. The quantitative estimate of drug-likeness (QED) is 0.785. The van der Waals surface area contributed by atoms with Crippen LogP contribution in [0.5, 0.6) is 0 Å². The highest BCUT2D eigenvalue weighted by atomic mass is 16.5. The van der Waals surface area contributed by atoms with Gasteiger partial charge in [-0.1, -0.05) is 31.2 Å². The number of esters is 1. The van der Waals surface area contributed by atoms with Crippen LogP contribution < -0.4 is 10.9 Å². The van der Waals surface area contributed by atoms with Gasteiger partial charge in [0.25, 0.3) is 5.56 Å². The van der Waals surface area contributed by atoms with Gasteiger partial charge in [0.2, 0.25) is 5.91 Å². The van der Waals surface area contributed by atoms with Gasteiger partial charge < -0.3 is 10.1 Å². The number of carbonyl (C=O) groups excluding carboxylic acids is 2. The van der Waals surface area contributed by atoms with Crippen molar-refractivity contribution in [2.75, 3.05) is 7.11 Å². The van der Waals surface area contributed by atoms with E-state index >= 15 is 0 Å². The van der Waals surface area contributed by atoms with Gasteiger partial charge in [-0.3, -0.25) is 9.59 Å². The largest absolute Gasteiger partial charge is 0.467 e. The van der Waals surface area contributed by atoms with E-state index in [9.17, 15) is 14.4 Å². The fourth-order valence-corrected chi connectivity index (χ4v) is 2.49. The van der Waals surface area contributed by atoms with Crippen LogP contribution in [0, 0.1) is 5.92 Å². The summed E-state index contributed by atoms with van der Waals surface area (Å²) in [6.07, 6.45) is 0.434. The lowest BCUT2D eigenvalue weighted by molar-refractivity contribution is -0.146. The summed E-state index contributed by atoms with van der Waals surface area (Å²) in [4.78, 5) is 36.9. The molecule has 0 aliphatic heterocycles. The average Bonchev–Trinajstić information content (AvgIpc) is 2.60. The van der Waals surface area contributed by atoms with Gasteiger partial charge in [-0.2, -0.15) is 4.68 Å². The third kappa shape index (κ3) is 4.20. The Balaban J connectivity index is 2.25. The molecular formula is C17H22N4O4. The van der Waals surface area contributed by atoms with E-state index < -0.39 is 29.5 Å². The first-order valence-corrected chi connectivity index (χ1v) is 8.07. The highest BCUT2D eigenvalue weighted by Crippen LogP contribution is 2.10. The summed E-state index contributed by atoms with van der Waals surface area (Å²) in [5, 5.41) is 10.8. The van der Waals surface area contributed by atoms with Crippen molar-refractivity contribution in [1.82, 2.24) is 20.3 Å². The van der Waals surface area contributed by atoms with E-state index in [1.165, 1.54) is 14.0 Å². The Labute approximate surface area is 145 Å². The van der Waals surface area contributed by atoms with Crippen molar-refractivity contribution in [2.45, 2.75) is 39.3 Å². The lowest BCUT2D eigenvalue weighted by Gasteiger charge is -2.21. The van der Waals surface area contributed by atoms with Crippen molar-refractivity contribution < 1.29 is 14.3 Å². The summed E-state index contributed by atoms with van der Waals surface area (Å²) >= 11 is 0. The molecule has 1 N–H and O–H groups in total. The number of aromatic nitrogens is 3. The molecule has 1 aromatic heterocycles. The maximum atomic E-state index is 12.5. The maximum Gasteiger partial charge on any atom is 0.328 e. The van der Waals surface area contributed by atoms with Crippen LogP contribution in [0.2, 0.25) is 0 Å². The second-order valence-electron chi connectivity index (χ2n) is 6.25. The first-order chi connectivity index (χ1) is 11.8. The predicted octanol–water partition coefficient (Wildman–Crippen LogP) is 1.06. The van der Waals surface area contributed by atoms with Crippen molar-refractivity contribution >= 4 is 22.8 Å². The van der Waals surface area contributed by atoms with E-state index in [1.54, 1.807) is 24.3 Å². The van der Waals surface area contributed by atoms with Gasteiger partial charge in [0.05, 0.1) is 12.5 Å². The molecule has 0 saturated carbocycles. The van der Waals surface area contributed by atoms with Crippen molar-refractivity contribution in [1.29, 1.82) is 0 Å². The topological polar surface area (TPSA) is 103 Å². The number of fused-ring (bicyclic) bond motifs is 1. The Hall–Kier alpha value is -2.77. The number of ether oxygens (including phenoxy) is 1. The summed E-state index contributed by atoms with van der Waals surface area (Å²) in [5.74, 6) is -0.836. The molecule has 1 aromatic carbocycles. The summed E-state index contributed by atoms with van der Waals surface area (Å²) in [6, 6.07) is 5.09. The molecule has 2 aromatic rings. The van der Waals surface area contributed by atoms with Crippen LogP contribution in [0.1, 0.15) is 33.2 Å². The zero-order valence-corrected chi connectivity index (χ0v) is 14.7. The number of hydrogen-bond donors (Lipinski definition) is 1. The number of nitrogens with zero attached hydrogens (tertiary/aromatic N) is 3. The molecule has 8 heteroatoms. The molecule has 1 heterocycles. The molecular weight excluding hydrogens is 324 g/mol. The fourth-order valence-electron chi connectivity index (χ4n) is 2.49. The Kier molecular flexibility index (Phi) is 5.84. The third-order valence-electron chi connectivity index (χ3n) is 3.85. The van der Waals surface area contributed by atoms with Gasteiger partial charge in [-0.25, -0.2) is 4.79 Å². The number of benzene rings is 1. The first kappa shape index (κ1) is 18.6. The first-order valence-electron chi connectivity index (χ1n) is 8.07. The summed E-state index contributed by atoms with van der Waals surface area (Å²) in [5.41, 5.74) is 0.0512. The lowest BCUT2D eigenvalue weighted by atomic mass is 10.0. The number of hydrogen-bond acceptors (Lipinski definition) is 6. The van der Waals surface area contributed by atoms with Crippen molar-refractivity contribution in [3.05, 3.63) is 34.6 Å². The van der Waals surface area contributed by atoms with Crippen molar-refractivity contribution in [3.8, 4) is 0 Å². The molecule has 2 rings (SSSR count). The van der Waals surface area contributed by atoms with E-state index in [-0.39, 0.29) is 5.92 Å². The van der Waals surface area contributed by atoms with E-state index in [0.29, 0.717) is 17.3 Å². The van der Waals surface area contributed by atoms with Crippen LogP contribution in [-0.4, -0.2) is 40.0 Å². The smallest absolute Gasteiger partial charge is 0.328 e. The summed E-state index contributed by atoms with van der Waals surface area (Å²) < 4.78 is 5.75. The van der Waals surface area contributed by atoms with Crippen LogP contribution in [0.3, 0.4) is 0 Å². The molecule has 0 saturated heterocycles. The molecule has 0 spiro atoms. The Morgan fingerprint density at radius 2 is 1.92 bits per heavy atom. The highest BCUT2D eigenvalue weighted by Gasteiger charge is 2.27. The zero-order valence-electron chi connectivity index (χ0n) is 14.7. The molecule has 25 heavy (non-hydrogen) atoms. The van der Waals surface area contributed by atoms with Gasteiger partial charge >= 0.3 is 5.97 Å². The zero-order chi connectivity index (χ0) is 18.6. The Bertz CT molecular complexity index is 831. The van der Waals surface area contributed by atoms with E-state index in [0.717, 1.165) is 4.68 Å². The summed E-state index contributed by atoms with van der Waals surface area (Å²) in [6.45, 7) is 5.40. The SMILES string of the molecule is COC(=O)C(CC(C)C)NC(=O)C(C)n1nnc2ccccc2c1=O. The van der Waals surface area contributed by atoms with Gasteiger partial charge in [0, 0.05) is 0 Å². The number of rotatable bonds is 6. The predicted molar refractivity (Wildman–Crippen MR) is 91.9 cm³/mol. The Morgan fingerprint density at radius 3 is 2.56 bits per heavy atom. The summed E-state index contributed by atoms with van der Waals surface area (Å²) in [7, 11) is 1.27. The molecule has 0 fully saturated rings. The molecule has 2 atom stereocenters. The minimum Gasteiger partial charge on any atom is -0.467 e. The van der Waals surface area contributed by atoms with Crippen LogP contribution in [0.15, 0.2) is 29.1 Å². The number of methoxy groups -OCH3 is 1. The van der Waals surface area contributed by atoms with Crippen molar-refractivity contribution in [3.63, 3.8) is 0 Å². The normalized spacial score (nSPS) is 13.5. The number of amides is 1. The highest BCUT2D eigenvalue weighted by molar-refractivity contribution is 5.86. The van der Waals surface area contributed by atoms with Gasteiger partial charge in [0.1, 0.15) is 17.6 Å². The van der Waals surface area contributed by atoms with Crippen molar-refractivity contribution in [2.24, 2.45) is 5.92 Å². The van der Waals surface area contributed by atoms with E-state index in [2.05, 4.69) is 15.6 Å². The Morgan fingerprint density at radius 1 is 1.24 bits per heavy atom. The molecule has 0 aliphatic rings. The monoisotopic (exact) mass is 346 g/mol. The molecule has 0 bridgehead atoms. The second kappa shape index (κ2) is 7.87. The average molecular weight is 346 g/mol. The number of nitrogens with one attached hydrogen (secondary N) is 1. The second-order valence-corrected chi connectivity index (χ2v) is 6.25. The lowest BCUT2D eigenvalue weighted by Crippen LogP contribution is -2.46. The van der Waals surface area contributed by atoms with Crippen LogP contribution in [0.4, 0.5) is 0 Å². The molecule has 134 valence electrons.